The van der Waals surface area contributed by atoms with Crippen molar-refractivity contribution < 1.29 is 9.72 Å². The highest BCUT2D eigenvalue weighted by atomic mass is 32.1. The van der Waals surface area contributed by atoms with Crippen molar-refractivity contribution in [3.8, 4) is 16.1 Å². The van der Waals surface area contributed by atoms with Crippen LogP contribution in [0.2, 0.25) is 0 Å². The maximum atomic E-state index is 12.4. The smallest absolute Gasteiger partial charge is 0.269 e. The van der Waals surface area contributed by atoms with Gasteiger partial charge in [0.25, 0.3) is 5.69 Å². The Labute approximate surface area is 181 Å². The number of nitrogen functional groups attached to an aromatic ring is 1. The Bertz CT molecular complexity index is 1220. The molecular formula is C21H18N6O3S. The number of benzene rings is 2. The van der Waals surface area contributed by atoms with Crippen molar-refractivity contribution >= 4 is 34.3 Å². The molecule has 0 radical (unpaired) electrons. The highest BCUT2D eigenvalue weighted by Gasteiger charge is 2.11. The summed E-state index contributed by atoms with van der Waals surface area (Å²) in [6.07, 6.45) is 2.30. The van der Waals surface area contributed by atoms with Gasteiger partial charge in [-0.15, -0.1) is 16.4 Å². The number of rotatable bonds is 7. The zero-order chi connectivity index (χ0) is 21.8. The fraction of sp³-hybridized carbons (Fsp3) is 0.0952. The Balaban J connectivity index is 1.37. The molecule has 156 valence electrons. The lowest BCUT2D eigenvalue weighted by Crippen LogP contribution is -2.13. The molecule has 0 saturated carbocycles. The average Bonchev–Trinajstić information content (AvgIpc) is 3.46. The number of anilines is 2. The molecule has 9 nitrogen and oxygen atoms in total. The molecule has 4 aromatic rings. The molecule has 0 aliphatic rings. The molecule has 2 heterocycles. The van der Waals surface area contributed by atoms with Crippen molar-refractivity contribution in [1.29, 1.82) is 0 Å². The predicted octanol–water partition coefficient (Wildman–Crippen LogP) is 4.06. The van der Waals surface area contributed by atoms with Crippen LogP contribution in [0, 0.1) is 10.1 Å². The number of nitrogens with zero attached hydrogens (tertiary/aromatic N) is 4. The summed E-state index contributed by atoms with van der Waals surface area (Å²) in [6, 6.07) is 15.5. The highest BCUT2D eigenvalue weighted by Crippen LogP contribution is 2.30. The van der Waals surface area contributed by atoms with Crippen molar-refractivity contribution in [2.45, 2.75) is 12.8 Å². The minimum Gasteiger partial charge on any atom is -0.397 e. The van der Waals surface area contributed by atoms with Crippen molar-refractivity contribution in [1.82, 2.24) is 15.0 Å². The van der Waals surface area contributed by atoms with Gasteiger partial charge in [-0.2, -0.15) is 0 Å². The van der Waals surface area contributed by atoms with Gasteiger partial charge in [0.15, 0.2) is 0 Å². The van der Waals surface area contributed by atoms with Crippen LogP contribution in [0.25, 0.3) is 16.1 Å². The summed E-state index contributed by atoms with van der Waals surface area (Å²) >= 11 is 1.62. The zero-order valence-corrected chi connectivity index (χ0v) is 17.1. The molecule has 0 fully saturated rings. The van der Waals surface area contributed by atoms with E-state index in [1.54, 1.807) is 35.7 Å². The lowest BCUT2D eigenvalue weighted by Gasteiger charge is -2.09. The molecular weight excluding hydrogens is 416 g/mol. The molecule has 2 aromatic carbocycles. The third-order valence-electron chi connectivity index (χ3n) is 4.61. The van der Waals surface area contributed by atoms with Gasteiger partial charge in [0.1, 0.15) is 0 Å². The summed E-state index contributed by atoms with van der Waals surface area (Å²) in [7, 11) is 0. The van der Waals surface area contributed by atoms with Gasteiger partial charge in [-0.1, -0.05) is 17.3 Å². The molecule has 0 saturated heterocycles. The fourth-order valence-electron chi connectivity index (χ4n) is 2.98. The normalized spacial score (nSPS) is 10.7. The number of carbonyl (C=O) groups excluding carboxylic acids is 1. The number of amides is 1. The second-order valence-corrected chi connectivity index (χ2v) is 7.70. The third kappa shape index (κ3) is 4.75. The van der Waals surface area contributed by atoms with Crippen LogP contribution in [-0.4, -0.2) is 25.8 Å². The maximum Gasteiger partial charge on any atom is 0.269 e. The van der Waals surface area contributed by atoms with E-state index < -0.39 is 4.92 Å². The van der Waals surface area contributed by atoms with E-state index in [-0.39, 0.29) is 18.0 Å². The van der Waals surface area contributed by atoms with Crippen LogP contribution in [0.15, 0.2) is 66.2 Å². The van der Waals surface area contributed by atoms with Gasteiger partial charge in [0.05, 0.1) is 33.9 Å². The van der Waals surface area contributed by atoms with Crippen molar-refractivity contribution in [2.75, 3.05) is 11.1 Å². The number of carbonyl (C=O) groups is 1. The van der Waals surface area contributed by atoms with Gasteiger partial charge in [0.2, 0.25) is 5.91 Å². The predicted molar refractivity (Wildman–Crippen MR) is 119 cm³/mol. The number of hydrogen-bond acceptors (Lipinski definition) is 7. The number of nitrogens with one attached hydrogen (secondary N) is 1. The standard InChI is InChI=1S/C21H18N6O3S/c22-18-9-3-14(20-2-1-11-31-20)12-19(18)23-21(28)10-4-15-13-26(25-24-15)16-5-7-17(8-6-16)27(29)30/h1-3,5-9,11-13H,4,10,22H2,(H,23,28). The van der Waals surface area contributed by atoms with Crippen LogP contribution in [0.3, 0.4) is 0 Å². The van der Waals surface area contributed by atoms with E-state index in [1.807, 2.05) is 29.6 Å². The summed E-state index contributed by atoms with van der Waals surface area (Å²) in [6.45, 7) is 0. The largest absolute Gasteiger partial charge is 0.397 e. The van der Waals surface area contributed by atoms with Crippen LogP contribution >= 0.6 is 11.3 Å². The number of hydrogen-bond donors (Lipinski definition) is 2. The molecule has 0 aliphatic carbocycles. The van der Waals surface area contributed by atoms with E-state index in [4.69, 9.17) is 5.73 Å². The summed E-state index contributed by atoms with van der Waals surface area (Å²) in [5, 5.41) is 23.7. The first-order chi connectivity index (χ1) is 15.0. The van der Waals surface area contributed by atoms with Crippen molar-refractivity contribution in [3.05, 3.63) is 82.0 Å². The molecule has 31 heavy (non-hydrogen) atoms. The topological polar surface area (TPSA) is 129 Å². The van der Waals surface area contributed by atoms with Crippen LogP contribution in [0.5, 0.6) is 0 Å². The highest BCUT2D eigenvalue weighted by molar-refractivity contribution is 7.13. The summed E-state index contributed by atoms with van der Waals surface area (Å²) in [4.78, 5) is 23.8. The van der Waals surface area contributed by atoms with Gasteiger partial charge in [-0.25, -0.2) is 4.68 Å². The van der Waals surface area contributed by atoms with Gasteiger partial charge in [-0.05, 0) is 41.3 Å². The lowest BCUT2D eigenvalue weighted by molar-refractivity contribution is -0.384. The van der Waals surface area contributed by atoms with Crippen LogP contribution in [0.4, 0.5) is 17.1 Å². The minimum atomic E-state index is -0.460. The van der Waals surface area contributed by atoms with Crippen molar-refractivity contribution in [2.24, 2.45) is 0 Å². The van der Waals surface area contributed by atoms with Gasteiger partial charge in [-0.3, -0.25) is 14.9 Å². The Kier molecular flexibility index (Phi) is 5.72. The van der Waals surface area contributed by atoms with E-state index >= 15 is 0 Å². The summed E-state index contributed by atoms with van der Waals surface area (Å²) in [5.74, 6) is -0.181. The first-order valence-corrected chi connectivity index (χ1v) is 10.3. The van der Waals surface area contributed by atoms with E-state index in [1.165, 1.54) is 16.8 Å². The number of aromatic nitrogens is 3. The molecule has 3 N–H and O–H groups in total. The van der Waals surface area contributed by atoms with Gasteiger partial charge in [0, 0.05) is 29.9 Å². The molecule has 1 amide bonds. The number of nitro benzene ring substituents is 1. The summed E-state index contributed by atoms with van der Waals surface area (Å²) < 4.78 is 1.51. The quantitative estimate of drug-likeness (QED) is 0.256. The SMILES string of the molecule is Nc1ccc(-c2cccs2)cc1NC(=O)CCc1cn(-c2ccc([N+](=O)[O-])cc2)nn1. The maximum absolute atomic E-state index is 12.4. The molecule has 0 aliphatic heterocycles. The van der Waals surface area contributed by atoms with Crippen molar-refractivity contribution in [3.63, 3.8) is 0 Å². The number of non-ortho nitro benzene ring substituents is 1. The number of thiophene rings is 1. The number of nitrogens with two attached hydrogens (primary N) is 1. The Morgan fingerprint density at radius 3 is 2.71 bits per heavy atom. The van der Waals surface area contributed by atoms with Gasteiger partial charge >= 0.3 is 0 Å². The average molecular weight is 434 g/mol. The van der Waals surface area contributed by atoms with E-state index in [0.717, 1.165) is 10.4 Å². The van der Waals surface area contributed by atoms with E-state index in [9.17, 15) is 14.9 Å². The second kappa shape index (κ2) is 8.76. The first-order valence-electron chi connectivity index (χ1n) is 9.39. The second-order valence-electron chi connectivity index (χ2n) is 6.76. The Morgan fingerprint density at radius 1 is 1.19 bits per heavy atom. The molecule has 0 atom stereocenters. The molecule has 0 bridgehead atoms. The Hall–Kier alpha value is -4.05. The monoisotopic (exact) mass is 434 g/mol. The van der Waals surface area contributed by atoms with Crippen LogP contribution in [0.1, 0.15) is 12.1 Å². The third-order valence-corrected chi connectivity index (χ3v) is 5.53. The minimum absolute atomic E-state index is 0.00295. The van der Waals surface area contributed by atoms with Crippen LogP contribution < -0.4 is 11.1 Å². The lowest BCUT2D eigenvalue weighted by atomic mass is 10.1. The van der Waals surface area contributed by atoms with Crippen LogP contribution in [-0.2, 0) is 11.2 Å². The zero-order valence-electron chi connectivity index (χ0n) is 16.3. The summed E-state index contributed by atoms with van der Waals surface area (Å²) in [5.41, 5.74) is 9.36. The molecule has 2 aromatic heterocycles. The number of nitro groups is 1. The molecule has 10 heteroatoms. The van der Waals surface area contributed by atoms with Gasteiger partial charge < -0.3 is 11.1 Å². The Morgan fingerprint density at radius 2 is 2.00 bits per heavy atom. The van der Waals surface area contributed by atoms with E-state index in [2.05, 4.69) is 15.6 Å². The molecule has 4 rings (SSSR count). The van der Waals surface area contributed by atoms with E-state index in [0.29, 0.717) is 29.2 Å². The number of aryl methyl sites for hydroxylation is 1. The first kappa shape index (κ1) is 20.2. The molecule has 0 spiro atoms. The fourth-order valence-corrected chi connectivity index (χ4v) is 3.71. The molecule has 0 unspecified atom stereocenters.